The van der Waals surface area contributed by atoms with E-state index in [4.69, 9.17) is 4.74 Å². The van der Waals surface area contributed by atoms with Crippen molar-refractivity contribution in [1.82, 2.24) is 0 Å². The maximum Gasteiger partial charge on any atom is 0.0722 e. The number of likely N-dealkylation sites (N-methyl/N-ethyl adjacent to an activating group) is 1. The maximum absolute atomic E-state index is 5.80. The van der Waals surface area contributed by atoms with Crippen LogP contribution in [-0.4, -0.2) is 20.3 Å². The van der Waals surface area contributed by atoms with Gasteiger partial charge < -0.3 is 9.64 Å². The second-order valence-corrected chi connectivity index (χ2v) is 7.65. The molecule has 0 spiro atoms. The van der Waals surface area contributed by atoms with E-state index in [2.05, 4.69) is 106 Å². The molecule has 0 radical (unpaired) electrons. The zero-order valence-corrected chi connectivity index (χ0v) is 17.7. The van der Waals surface area contributed by atoms with E-state index in [0.717, 1.165) is 0 Å². The minimum Gasteiger partial charge on any atom is -0.377 e. The van der Waals surface area contributed by atoms with Crippen molar-refractivity contribution in [2.24, 2.45) is 0 Å². The molecule has 0 fully saturated rings. The molecule has 0 saturated carbocycles. The third-order valence-corrected chi connectivity index (χ3v) is 5.56. The van der Waals surface area contributed by atoms with E-state index in [0.29, 0.717) is 13.2 Å². The van der Waals surface area contributed by atoms with E-state index in [1.807, 2.05) is 6.92 Å². The quantitative estimate of drug-likeness (QED) is 0.546. The van der Waals surface area contributed by atoms with E-state index >= 15 is 0 Å². The van der Waals surface area contributed by atoms with Crippen LogP contribution in [0.1, 0.15) is 38.8 Å². The molecule has 0 unspecified atom stereocenters. The van der Waals surface area contributed by atoms with Gasteiger partial charge in [0, 0.05) is 30.5 Å². The summed E-state index contributed by atoms with van der Waals surface area (Å²) in [7, 11) is 2.16. The van der Waals surface area contributed by atoms with Crippen LogP contribution in [0.15, 0.2) is 84.1 Å². The number of anilines is 1. The number of benzene rings is 2. The standard InChI is InChI=1S/C26H31NO/c1-6-22(20-13-9-8-10-14-20)21(19-28-7-2)17-18-25-26(3,4)23-15-11-12-16-24(23)27(25)5/h6,8-18H,7,19H2,1-5H3/b21-17+,22-6+,25-18+. The first kappa shape index (κ1) is 20.2. The summed E-state index contributed by atoms with van der Waals surface area (Å²) in [4.78, 5) is 2.31. The summed E-state index contributed by atoms with van der Waals surface area (Å²) in [6.07, 6.45) is 6.68. The van der Waals surface area contributed by atoms with Gasteiger partial charge in [0.15, 0.2) is 0 Å². The number of hydrogen-bond donors (Lipinski definition) is 0. The second-order valence-electron chi connectivity index (χ2n) is 7.65. The smallest absolute Gasteiger partial charge is 0.0722 e. The van der Waals surface area contributed by atoms with Gasteiger partial charge in [0.2, 0.25) is 0 Å². The molecule has 2 nitrogen and oxygen atoms in total. The number of rotatable bonds is 6. The molecule has 0 atom stereocenters. The summed E-state index contributed by atoms with van der Waals surface area (Å²) in [6.45, 7) is 10.0. The number of nitrogens with zero attached hydrogens (tertiary/aromatic N) is 1. The Morgan fingerprint density at radius 1 is 1.04 bits per heavy atom. The molecule has 2 heteroatoms. The van der Waals surface area contributed by atoms with Crippen LogP contribution in [0.4, 0.5) is 5.69 Å². The summed E-state index contributed by atoms with van der Waals surface area (Å²) < 4.78 is 5.80. The number of hydrogen-bond acceptors (Lipinski definition) is 2. The zero-order valence-electron chi connectivity index (χ0n) is 17.7. The van der Waals surface area contributed by atoms with Gasteiger partial charge in [0.05, 0.1) is 6.61 Å². The minimum absolute atomic E-state index is 0.0264. The largest absolute Gasteiger partial charge is 0.377 e. The molecule has 3 rings (SSSR count). The predicted molar refractivity (Wildman–Crippen MR) is 121 cm³/mol. The van der Waals surface area contributed by atoms with Crippen molar-refractivity contribution in [3.8, 4) is 0 Å². The van der Waals surface area contributed by atoms with Gasteiger partial charge in [-0.2, -0.15) is 0 Å². The van der Waals surface area contributed by atoms with Crippen LogP contribution in [0, 0.1) is 0 Å². The maximum atomic E-state index is 5.80. The Labute approximate surface area is 169 Å². The number of para-hydroxylation sites is 1. The van der Waals surface area contributed by atoms with E-state index in [-0.39, 0.29) is 5.41 Å². The fourth-order valence-corrected chi connectivity index (χ4v) is 4.06. The van der Waals surface area contributed by atoms with Gasteiger partial charge in [-0.3, -0.25) is 0 Å². The molecule has 28 heavy (non-hydrogen) atoms. The van der Waals surface area contributed by atoms with Crippen LogP contribution in [0.5, 0.6) is 0 Å². The lowest BCUT2D eigenvalue weighted by Crippen LogP contribution is -2.22. The first-order valence-corrected chi connectivity index (χ1v) is 10.0. The first-order chi connectivity index (χ1) is 13.5. The van der Waals surface area contributed by atoms with Gasteiger partial charge in [-0.15, -0.1) is 0 Å². The van der Waals surface area contributed by atoms with Crippen LogP contribution >= 0.6 is 0 Å². The van der Waals surface area contributed by atoms with Gasteiger partial charge in [0.1, 0.15) is 0 Å². The summed E-state index contributed by atoms with van der Waals surface area (Å²) >= 11 is 0. The molecule has 0 aromatic heterocycles. The molecule has 0 aliphatic carbocycles. The Morgan fingerprint density at radius 3 is 2.36 bits per heavy atom. The van der Waals surface area contributed by atoms with Crippen LogP contribution in [0.2, 0.25) is 0 Å². The van der Waals surface area contributed by atoms with E-state index < -0.39 is 0 Å². The molecule has 0 bridgehead atoms. The molecule has 1 heterocycles. The molecule has 0 amide bonds. The summed E-state index contributed by atoms with van der Waals surface area (Å²) in [5, 5.41) is 0. The lowest BCUT2D eigenvalue weighted by molar-refractivity contribution is 0.173. The van der Waals surface area contributed by atoms with Crippen molar-refractivity contribution in [1.29, 1.82) is 0 Å². The van der Waals surface area contributed by atoms with Gasteiger partial charge in [0.25, 0.3) is 0 Å². The monoisotopic (exact) mass is 373 g/mol. The highest BCUT2D eigenvalue weighted by Crippen LogP contribution is 2.46. The van der Waals surface area contributed by atoms with Crippen molar-refractivity contribution in [3.05, 3.63) is 95.2 Å². The summed E-state index contributed by atoms with van der Waals surface area (Å²) in [5.41, 5.74) is 7.57. The van der Waals surface area contributed by atoms with Crippen LogP contribution in [0.25, 0.3) is 5.57 Å². The summed E-state index contributed by atoms with van der Waals surface area (Å²) in [5.74, 6) is 0. The van der Waals surface area contributed by atoms with Crippen molar-refractivity contribution in [2.75, 3.05) is 25.2 Å². The topological polar surface area (TPSA) is 12.5 Å². The Balaban J connectivity index is 2.02. The molecule has 1 aliphatic heterocycles. The zero-order chi connectivity index (χ0) is 20.1. The van der Waals surface area contributed by atoms with E-state index in [9.17, 15) is 0 Å². The number of fused-ring (bicyclic) bond motifs is 1. The minimum atomic E-state index is -0.0264. The van der Waals surface area contributed by atoms with Crippen LogP contribution in [-0.2, 0) is 10.2 Å². The predicted octanol–water partition coefficient (Wildman–Crippen LogP) is 6.36. The molecular weight excluding hydrogens is 342 g/mol. The molecule has 1 aliphatic rings. The average molecular weight is 374 g/mol. The fraction of sp³-hybridized carbons (Fsp3) is 0.308. The molecule has 2 aromatic carbocycles. The highest BCUT2D eigenvalue weighted by Gasteiger charge is 2.37. The normalized spacial score (nSPS) is 17.9. The first-order valence-electron chi connectivity index (χ1n) is 10.0. The Morgan fingerprint density at radius 2 is 1.71 bits per heavy atom. The number of allylic oxidation sites excluding steroid dienone is 4. The SMILES string of the molecule is C/C=C(/C(=C/C=C1/N(C)c2ccccc2C1(C)C)COCC)c1ccccc1. The van der Waals surface area contributed by atoms with Gasteiger partial charge in [-0.25, -0.2) is 0 Å². The second kappa shape index (κ2) is 8.62. The van der Waals surface area contributed by atoms with Crippen LogP contribution < -0.4 is 4.90 Å². The Hall–Kier alpha value is -2.58. The van der Waals surface area contributed by atoms with Crippen LogP contribution in [0.3, 0.4) is 0 Å². The average Bonchev–Trinajstić information content (AvgIpc) is 2.91. The lowest BCUT2D eigenvalue weighted by Gasteiger charge is -2.24. The van der Waals surface area contributed by atoms with E-state index in [1.165, 1.54) is 33.7 Å². The highest BCUT2D eigenvalue weighted by atomic mass is 16.5. The highest BCUT2D eigenvalue weighted by molar-refractivity contribution is 5.80. The molecule has 0 saturated heterocycles. The molecular formula is C26H31NO. The molecule has 146 valence electrons. The third kappa shape index (κ3) is 3.83. The van der Waals surface area contributed by atoms with Crippen molar-refractivity contribution in [2.45, 2.75) is 33.1 Å². The van der Waals surface area contributed by atoms with Gasteiger partial charge in [-0.1, -0.05) is 74.5 Å². The Bertz CT molecular complexity index is 903. The number of ether oxygens (including phenoxy) is 1. The van der Waals surface area contributed by atoms with Crippen molar-refractivity contribution < 1.29 is 4.74 Å². The van der Waals surface area contributed by atoms with Crippen molar-refractivity contribution in [3.63, 3.8) is 0 Å². The van der Waals surface area contributed by atoms with Crippen molar-refractivity contribution >= 4 is 11.3 Å². The molecule has 2 aromatic rings. The third-order valence-electron chi connectivity index (χ3n) is 5.56. The van der Waals surface area contributed by atoms with Gasteiger partial charge in [-0.05, 0) is 48.3 Å². The lowest BCUT2D eigenvalue weighted by atomic mass is 9.83. The summed E-state index contributed by atoms with van der Waals surface area (Å²) in [6, 6.07) is 19.2. The van der Waals surface area contributed by atoms with Gasteiger partial charge >= 0.3 is 0 Å². The fourth-order valence-electron chi connectivity index (χ4n) is 4.06. The Kier molecular flexibility index (Phi) is 6.21. The van der Waals surface area contributed by atoms with E-state index in [1.54, 1.807) is 0 Å². The molecule has 0 N–H and O–H groups in total.